The van der Waals surface area contributed by atoms with Gasteiger partial charge in [-0.05, 0) is 40.0 Å². The van der Waals surface area contributed by atoms with E-state index in [1.807, 2.05) is 34.6 Å². The molecule has 0 aliphatic rings. The molecule has 0 rings (SSSR count). The second-order valence-corrected chi connectivity index (χ2v) is 10.1. The zero-order valence-electron chi connectivity index (χ0n) is 17.8. The van der Waals surface area contributed by atoms with E-state index in [2.05, 4.69) is 15.6 Å². The fourth-order valence-corrected chi connectivity index (χ4v) is 2.89. The normalized spacial score (nSPS) is 14.6. The second-order valence-electron chi connectivity index (χ2n) is 7.88. The fraction of sp³-hybridized carbons (Fsp3) is 0.882. The van der Waals surface area contributed by atoms with Gasteiger partial charge in [0, 0.05) is 39.5 Å². The first kappa shape index (κ1) is 28.4. The van der Waals surface area contributed by atoms with Crippen LogP contribution in [-0.2, 0) is 14.6 Å². The van der Waals surface area contributed by atoms with Crippen LogP contribution >= 0.6 is 24.0 Å². The number of halogens is 1. The molecule has 0 aromatic rings. The summed E-state index contributed by atoms with van der Waals surface area (Å²) >= 11 is 0. The minimum atomic E-state index is -2.97. The molecule has 2 N–H and O–H groups in total. The zero-order valence-corrected chi connectivity index (χ0v) is 21.0. The fourth-order valence-electron chi connectivity index (χ4n) is 2.11. The van der Waals surface area contributed by atoms with Gasteiger partial charge < -0.3 is 20.3 Å². The molecule has 0 heterocycles. The van der Waals surface area contributed by atoms with Crippen molar-refractivity contribution in [2.75, 3.05) is 39.2 Å². The summed E-state index contributed by atoms with van der Waals surface area (Å²) in [5, 5.41) is 6.37. The van der Waals surface area contributed by atoms with E-state index >= 15 is 0 Å². The number of sulfone groups is 1. The molecule has 0 saturated heterocycles. The average molecular weight is 520 g/mol. The van der Waals surface area contributed by atoms with Gasteiger partial charge in [-0.15, -0.1) is 24.0 Å². The van der Waals surface area contributed by atoms with E-state index in [9.17, 15) is 13.2 Å². The van der Waals surface area contributed by atoms with Crippen molar-refractivity contribution in [1.82, 2.24) is 15.5 Å². The highest BCUT2D eigenvalue weighted by Gasteiger charge is 2.20. The van der Waals surface area contributed by atoms with Crippen LogP contribution in [-0.4, -0.2) is 76.2 Å². The molecule has 27 heavy (non-hydrogen) atoms. The minimum Gasteiger partial charge on any atom is -0.444 e. The van der Waals surface area contributed by atoms with Crippen molar-refractivity contribution < 1.29 is 17.9 Å². The maximum atomic E-state index is 12.0. The third-order valence-corrected chi connectivity index (χ3v) is 4.41. The molecule has 0 aromatic carbocycles. The van der Waals surface area contributed by atoms with Crippen molar-refractivity contribution in [2.24, 2.45) is 10.9 Å². The summed E-state index contributed by atoms with van der Waals surface area (Å²) in [4.78, 5) is 17.7. The van der Waals surface area contributed by atoms with E-state index in [0.717, 1.165) is 0 Å². The van der Waals surface area contributed by atoms with Crippen molar-refractivity contribution in [3.05, 3.63) is 0 Å². The molecule has 162 valence electrons. The Labute approximate surface area is 181 Å². The monoisotopic (exact) mass is 520 g/mol. The Balaban J connectivity index is 0. The number of rotatable bonds is 8. The lowest BCUT2D eigenvalue weighted by atomic mass is 10.1. The Morgan fingerprint density at radius 3 is 2.26 bits per heavy atom. The van der Waals surface area contributed by atoms with Crippen LogP contribution in [0.4, 0.5) is 4.79 Å². The molecule has 0 spiro atoms. The lowest BCUT2D eigenvalue weighted by Gasteiger charge is -2.27. The van der Waals surface area contributed by atoms with Crippen molar-refractivity contribution in [3.63, 3.8) is 0 Å². The molecule has 0 radical (unpaired) electrons. The van der Waals surface area contributed by atoms with Crippen LogP contribution in [0, 0.1) is 5.92 Å². The first-order valence-electron chi connectivity index (χ1n) is 8.82. The highest BCUT2D eigenvalue weighted by molar-refractivity contribution is 14.0. The number of carbonyl (C=O) groups is 1. The Morgan fingerprint density at radius 1 is 1.26 bits per heavy atom. The number of nitrogens with zero attached hydrogens (tertiary/aromatic N) is 2. The predicted molar refractivity (Wildman–Crippen MR) is 122 cm³/mol. The first-order valence-corrected chi connectivity index (χ1v) is 10.9. The summed E-state index contributed by atoms with van der Waals surface area (Å²) in [5.41, 5.74) is -0.513. The number of aliphatic imine (C=N–C) groups is 1. The summed E-state index contributed by atoms with van der Waals surface area (Å²) in [6, 6.07) is -0.0179. The van der Waals surface area contributed by atoms with Gasteiger partial charge in [0.1, 0.15) is 15.4 Å². The Hall–Kier alpha value is -0.780. The van der Waals surface area contributed by atoms with Gasteiger partial charge in [-0.3, -0.25) is 4.99 Å². The molecular formula is C17H37IN4O4S. The largest absolute Gasteiger partial charge is 0.444 e. The van der Waals surface area contributed by atoms with E-state index in [1.165, 1.54) is 6.26 Å². The molecule has 10 heteroatoms. The molecule has 0 aromatic heterocycles. The SMILES string of the molecule is CN=C(NCC(C)CN(C)C(=O)OC(C)(C)C)NC(C)CCS(C)(=O)=O.I. The van der Waals surface area contributed by atoms with Crippen LogP contribution in [0.1, 0.15) is 41.0 Å². The van der Waals surface area contributed by atoms with Gasteiger partial charge in [0.05, 0.1) is 5.75 Å². The lowest BCUT2D eigenvalue weighted by molar-refractivity contribution is 0.0278. The van der Waals surface area contributed by atoms with Gasteiger partial charge in [0.25, 0.3) is 0 Å². The summed E-state index contributed by atoms with van der Waals surface area (Å²) < 4.78 is 27.8. The van der Waals surface area contributed by atoms with Gasteiger partial charge >= 0.3 is 6.09 Å². The van der Waals surface area contributed by atoms with E-state index < -0.39 is 15.4 Å². The number of hydrogen-bond donors (Lipinski definition) is 2. The summed E-state index contributed by atoms with van der Waals surface area (Å²) in [6.07, 6.45) is 1.40. The molecule has 2 atom stereocenters. The molecule has 0 saturated carbocycles. The molecule has 2 unspecified atom stereocenters. The van der Waals surface area contributed by atoms with Crippen LogP contribution in [0.2, 0.25) is 0 Å². The van der Waals surface area contributed by atoms with Crippen molar-refractivity contribution >= 4 is 45.9 Å². The van der Waals surface area contributed by atoms with Crippen LogP contribution < -0.4 is 10.6 Å². The Kier molecular flexibility index (Phi) is 13.3. The van der Waals surface area contributed by atoms with Crippen LogP contribution in [0.25, 0.3) is 0 Å². The van der Waals surface area contributed by atoms with Gasteiger partial charge in [-0.2, -0.15) is 0 Å². The van der Waals surface area contributed by atoms with E-state index in [0.29, 0.717) is 25.5 Å². The van der Waals surface area contributed by atoms with Crippen LogP contribution in [0.15, 0.2) is 4.99 Å². The van der Waals surface area contributed by atoms with Crippen molar-refractivity contribution in [1.29, 1.82) is 0 Å². The smallest absolute Gasteiger partial charge is 0.410 e. The topological polar surface area (TPSA) is 100 Å². The average Bonchev–Trinajstić information content (AvgIpc) is 2.46. The second kappa shape index (κ2) is 12.6. The first-order chi connectivity index (χ1) is 11.7. The number of hydrogen-bond acceptors (Lipinski definition) is 5. The number of ether oxygens (including phenoxy) is 1. The zero-order chi connectivity index (χ0) is 20.5. The van der Waals surface area contributed by atoms with Crippen molar-refractivity contribution in [3.8, 4) is 0 Å². The standard InChI is InChI=1S/C17H36N4O4S.HI/c1-13(12-21(7)16(22)25-17(3,4)5)11-19-15(18-6)20-14(2)9-10-26(8,23)24;/h13-14H,9-12H2,1-8H3,(H2,18,19,20);1H. The van der Waals surface area contributed by atoms with E-state index in [-0.39, 0.29) is 47.8 Å². The molecule has 0 aliphatic carbocycles. The third kappa shape index (κ3) is 15.9. The summed E-state index contributed by atoms with van der Waals surface area (Å²) in [6.45, 7) is 10.6. The summed E-state index contributed by atoms with van der Waals surface area (Å²) in [7, 11) is 0.404. The molecule has 0 fully saturated rings. The quantitative estimate of drug-likeness (QED) is 0.289. The number of guanidine groups is 1. The highest BCUT2D eigenvalue weighted by atomic mass is 127. The molecule has 0 aliphatic heterocycles. The third-order valence-electron chi connectivity index (χ3n) is 3.44. The maximum absolute atomic E-state index is 12.0. The van der Waals surface area contributed by atoms with Crippen molar-refractivity contribution in [2.45, 2.75) is 52.7 Å². The molecule has 8 nitrogen and oxygen atoms in total. The van der Waals surface area contributed by atoms with Gasteiger partial charge in [0.15, 0.2) is 5.96 Å². The van der Waals surface area contributed by atoms with Gasteiger partial charge in [0.2, 0.25) is 0 Å². The number of amides is 1. The van der Waals surface area contributed by atoms with Crippen LogP contribution in [0.3, 0.4) is 0 Å². The maximum Gasteiger partial charge on any atom is 0.410 e. The molecule has 1 amide bonds. The lowest BCUT2D eigenvalue weighted by Crippen LogP contribution is -2.45. The van der Waals surface area contributed by atoms with Gasteiger partial charge in [-0.1, -0.05) is 6.92 Å². The molecule has 0 bridgehead atoms. The van der Waals surface area contributed by atoms with Crippen LogP contribution in [0.5, 0.6) is 0 Å². The number of nitrogens with one attached hydrogen (secondary N) is 2. The van der Waals surface area contributed by atoms with E-state index in [4.69, 9.17) is 4.74 Å². The Morgan fingerprint density at radius 2 is 1.81 bits per heavy atom. The number of carbonyl (C=O) groups excluding carboxylic acids is 1. The molecular weight excluding hydrogens is 483 g/mol. The highest BCUT2D eigenvalue weighted by Crippen LogP contribution is 2.10. The minimum absolute atomic E-state index is 0. The predicted octanol–water partition coefficient (Wildman–Crippen LogP) is 2.10. The van der Waals surface area contributed by atoms with E-state index in [1.54, 1.807) is 19.0 Å². The summed E-state index contributed by atoms with van der Waals surface area (Å²) in [5.74, 6) is 0.921. The Bertz CT molecular complexity index is 576. The van der Waals surface area contributed by atoms with Gasteiger partial charge in [-0.25, -0.2) is 13.2 Å².